The highest BCUT2D eigenvalue weighted by Gasteiger charge is 2.23. The van der Waals surface area contributed by atoms with Crippen molar-refractivity contribution in [1.29, 1.82) is 0 Å². The van der Waals surface area contributed by atoms with Crippen LogP contribution in [0.15, 0.2) is 29.3 Å². The molecule has 0 aromatic heterocycles. The second-order valence-electron chi connectivity index (χ2n) is 5.75. The van der Waals surface area contributed by atoms with Crippen LogP contribution < -0.4 is 5.32 Å². The van der Waals surface area contributed by atoms with Crippen molar-refractivity contribution < 1.29 is 8.42 Å². The highest BCUT2D eigenvalue weighted by atomic mass is 35.5. The number of guanidine groups is 1. The molecule has 2 rings (SSSR count). The predicted molar refractivity (Wildman–Crippen MR) is 107 cm³/mol. The fraction of sp³-hybridized carbons (Fsp3) is 0.562. The van der Waals surface area contributed by atoms with Crippen molar-refractivity contribution in [2.45, 2.75) is 6.54 Å². The number of aliphatic imine (C=N–C) groups is 1. The molecule has 140 valence electrons. The molecular formula is C16H25ClN4O2S2. The molecule has 0 atom stereocenters. The van der Waals surface area contributed by atoms with E-state index in [1.807, 2.05) is 36.2 Å². The minimum atomic E-state index is -3.22. The Hall–Kier alpha value is -0.960. The average molecular weight is 405 g/mol. The molecule has 6 nitrogen and oxygen atoms in total. The molecular weight excluding hydrogens is 380 g/mol. The van der Waals surface area contributed by atoms with Crippen LogP contribution in [0.5, 0.6) is 0 Å². The first-order valence-corrected chi connectivity index (χ1v) is 11.3. The van der Waals surface area contributed by atoms with Gasteiger partial charge < -0.3 is 10.2 Å². The summed E-state index contributed by atoms with van der Waals surface area (Å²) in [7, 11) is 0.365. The summed E-state index contributed by atoms with van der Waals surface area (Å²) < 4.78 is 26.3. The monoisotopic (exact) mass is 404 g/mol. The summed E-state index contributed by atoms with van der Waals surface area (Å²) in [4.78, 5) is 6.14. The lowest BCUT2D eigenvalue weighted by molar-refractivity contribution is 0.442. The van der Waals surface area contributed by atoms with Crippen molar-refractivity contribution in [3.63, 3.8) is 0 Å². The molecule has 1 fully saturated rings. The summed E-state index contributed by atoms with van der Waals surface area (Å²) in [5, 5.41) is 3.83. The van der Waals surface area contributed by atoms with Gasteiger partial charge in [0, 0.05) is 56.8 Å². The van der Waals surface area contributed by atoms with E-state index in [0.717, 1.165) is 17.1 Å². The maximum absolute atomic E-state index is 12.4. The molecule has 0 saturated carbocycles. The Kier molecular flexibility index (Phi) is 7.86. The fourth-order valence-electron chi connectivity index (χ4n) is 2.59. The third-order valence-electron chi connectivity index (χ3n) is 3.95. The van der Waals surface area contributed by atoms with Crippen LogP contribution in [0, 0.1) is 0 Å². The molecule has 1 aliphatic rings. The zero-order valence-corrected chi connectivity index (χ0v) is 17.0. The minimum absolute atomic E-state index is 0.0661. The van der Waals surface area contributed by atoms with Crippen molar-refractivity contribution in [2.75, 3.05) is 51.0 Å². The minimum Gasteiger partial charge on any atom is -0.355 e. The van der Waals surface area contributed by atoms with Crippen molar-refractivity contribution in [3.8, 4) is 0 Å². The summed E-state index contributed by atoms with van der Waals surface area (Å²) in [6, 6.07) is 7.65. The van der Waals surface area contributed by atoms with Gasteiger partial charge in [0.1, 0.15) is 0 Å². The molecule has 9 heteroatoms. The van der Waals surface area contributed by atoms with E-state index in [1.165, 1.54) is 0 Å². The van der Waals surface area contributed by atoms with Crippen LogP contribution in [0.1, 0.15) is 5.56 Å². The Morgan fingerprint density at radius 1 is 1.36 bits per heavy atom. The molecule has 1 N–H and O–H groups in total. The normalized spacial score (nSPS) is 16.7. The van der Waals surface area contributed by atoms with Gasteiger partial charge in [0.25, 0.3) is 0 Å². The third kappa shape index (κ3) is 6.06. The standard InChI is InChI=1S/C16H25ClN4O2S2/c1-18-16(20(2)13-14-5-3-4-6-15(14)17)19-7-12-25(22,23)21-8-10-24-11-9-21/h3-6H,7-13H2,1-2H3,(H,18,19). The van der Waals surface area contributed by atoms with Gasteiger partial charge in [-0.15, -0.1) is 0 Å². The summed E-state index contributed by atoms with van der Waals surface area (Å²) >= 11 is 7.99. The summed E-state index contributed by atoms with van der Waals surface area (Å²) in [5.41, 5.74) is 0.994. The SMILES string of the molecule is CN=C(NCCS(=O)(=O)N1CCSCC1)N(C)Cc1ccccc1Cl. The summed E-state index contributed by atoms with van der Waals surface area (Å²) in [5.74, 6) is 2.45. The number of benzene rings is 1. The molecule has 1 aliphatic heterocycles. The largest absolute Gasteiger partial charge is 0.355 e. The number of hydrogen-bond acceptors (Lipinski definition) is 4. The maximum Gasteiger partial charge on any atom is 0.215 e. The Balaban J connectivity index is 1.86. The van der Waals surface area contributed by atoms with Gasteiger partial charge in [-0.2, -0.15) is 11.8 Å². The van der Waals surface area contributed by atoms with Gasteiger partial charge in [-0.05, 0) is 11.6 Å². The number of rotatable bonds is 6. The highest BCUT2D eigenvalue weighted by Crippen LogP contribution is 2.16. The predicted octanol–water partition coefficient (Wildman–Crippen LogP) is 1.73. The molecule has 1 aromatic carbocycles. The molecule has 0 amide bonds. The van der Waals surface area contributed by atoms with Gasteiger partial charge in [0.15, 0.2) is 5.96 Å². The Morgan fingerprint density at radius 3 is 2.68 bits per heavy atom. The quantitative estimate of drug-likeness (QED) is 0.577. The second kappa shape index (κ2) is 9.66. The van der Waals surface area contributed by atoms with Gasteiger partial charge in [0.2, 0.25) is 10.0 Å². The van der Waals surface area contributed by atoms with Crippen molar-refractivity contribution >= 4 is 39.3 Å². The van der Waals surface area contributed by atoms with E-state index < -0.39 is 10.0 Å². The van der Waals surface area contributed by atoms with Crippen LogP contribution in [0.25, 0.3) is 0 Å². The van der Waals surface area contributed by atoms with Crippen LogP contribution in [-0.4, -0.2) is 74.6 Å². The number of thioether (sulfide) groups is 1. The maximum atomic E-state index is 12.4. The molecule has 0 unspecified atom stereocenters. The first kappa shape index (κ1) is 20.4. The van der Waals surface area contributed by atoms with Gasteiger partial charge in [-0.3, -0.25) is 4.99 Å². The van der Waals surface area contributed by atoms with Crippen molar-refractivity contribution in [2.24, 2.45) is 4.99 Å². The van der Waals surface area contributed by atoms with Gasteiger partial charge >= 0.3 is 0 Å². The Morgan fingerprint density at radius 2 is 2.04 bits per heavy atom. The van der Waals surface area contributed by atoms with Crippen LogP contribution in [0.3, 0.4) is 0 Å². The number of halogens is 1. The fourth-order valence-corrected chi connectivity index (χ4v) is 5.27. The van der Waals surface area contributed by atoms with Crippen LogP contribution >= 0.6 is 23.4 Å². The lowest BCUT2D eigenvalue weighted by Crippen LogP contribution is -2.44. The first-order valence-electron chi connectivity index (χ1n) is 8.15. The van der Waals surface area contributed by atoms with Crippen LogP contribution in [0.4, 0.5) is 0 Å². The Bertz CT molecular complexity index is 691. The summed E-state index contributed by atoms with van der Waals surface area (Å²) in [6.45, 7) is 2.13. The number of hydrogen-bond donors (Lipinski definition) is 1. The smallest absolute Gasteiger partial charge is 0.215 e. The molecule has 0 spiro atoms. The number of nitrogens with zero attached hydrogens (tertiary/aromatic N) is 3. The zero-order chi connectivity index (χ0) is 18.3. The van der Waals surface area contributed by atoms with Crippen LogP contribution in [0.2, 0.25) is 5.02 Å². The van der Waals surface area contributed by atoms with E-state index in [2.05, 4.69) is 10.3 Å². The molecule has 0 bridgehead atoms. The van der Waals surface area contributed by atoms with Gasteiger partial charge in [-0.25, -0.2) is 12.7 Å². The first-order chi connectivity index (χ1) is 11.9. The van der Waals surface area contributed by atoms with E-state index in [4.69, 9.17) is 11.6 Å². The van der Waals surface area contributed by atoms with E-state index >= 15 is 0 Å². The topological polar surface area (TPSA) is 65.0 Å². The van der Waals surface area contributed by atoms with Gasteiger partial charge in [0.05, 0.1) is 5.75 Å². The molecule has 0 aliphatic carbocycles. The zero-order valence-electron chi connectivity index (χ0n) is 14.6. The van der Waals surface area contributed by atoms with Crippen molar-refractivity contribution in [3.05, 3.63) is 34.9 Å². The average Bonchev–Trinajstić information content (AvgIpc) is 2.61. The Labute approximate surface area is 159 Å². The second-order valence-corrected chi connectivity index (χ2v) is 9.47. The van der Waals surface area contributed by atoms with E-state index in [0.29, 0.717) is 37.2 Å². The molecule has 0 radical (unpaired) electrons. The van der Waals surface area contributed by atoms with E-state index in [-0.39, 0.29) is 5.75 Å². The lowest BCUT2D eigenvalue weighted by Gasteiger charge is -2.26. The van der Waals surface area contributed by atoms with Crippen LogP contribution in [-0.2, 0) is 16.6 Å². The number of sulfonamides is 1. The van der Waals surface area contributed by atoms with Gasteiger partial charge in [-0.1, -0.05) is 29.8 Å². The molecule has 25 heavy (non-hydrogen) atoms. The molecule has 1 aromatic rings. The highest BCUT2D eigenvalue weighted by molar-refractivity contribution is 7.99. The number of nitrogens with one attached hydrogen (secondary N) is 1. The molecule has 1 heterocycles. The van der Waals surface area contributed by atoms with Crippen molar-refractivity contribution in [1.82, 2.24) is 14.5 Å². The lowest BCUT2D eigenvalue weighted by atomic mass is 10.2. The third-order valence-corrected chi connectivity index (χ3v) is 7.13. The molecule has 1 saturated heterocycles. The van der Waals surface area contributed by atoms with E-state index in [1.54, 1.807) is 23.1 Å². The van der Waals surface area contributed by atoms with E-state index in [9.17, 15) is 8.42 Å². The summed E-state index contributed by atoms with van der Waals surface area (Å²) in [6.07, 6.45) is 0.